The number of ketones is 1. The van der Waals surface area contributed by atoms with Crippen LogP contribution in [0.25, 0.3) is 11.3 Å². The average molecular weight is 341 g/mol. The van der Waals surface area contributed by atoms with Gasteiger partial charge in [-0.05, 0) is 24.3 Å². The van der Waals surface area contributed by atoms with Crippen LogP contribution in [-0.4, -0.2) is 23.6 Å². The minimum Gasteiger partial charge on any atom is -0.497 e. The Kier molecular flexibility index (Phi) is 5.10. The Bertz CT molecular complexity index is 782. The average Bonchev–Trinajstić information content (AvgIpc) is 3.09. The molecule has 0 radical (unpaired) electrons. The molecule has 0 amide bonds. The van der Waals surface area contributed by atoms with Gasteiger partial charge in [-0.25, -0.2) is 4.98 Å². The van der Waals surface area contributed by atoms with E-state index in [1.54, 1.807) is 42.7 Å². The highest BCUT2D eigenvalue weighted by Crippen LogP contribution is 2.28. The maximum Gasteiger partial charge on any atom is 0.173 e. The van der Waals surface area contributed by atoms with Gasteiger partial charge in [0.05, 0.1) is 18.6 Å². The molecule has 0 atom stereocenters. The summed E-state index contributed by atoms with van der Waals surface area (Å²) in [5.41, 5.74) is 2.74. The summed E-state index contributed by atoms with van der Waals surface area (Å²) in [7, 11) is 1.61. The lowest BCUT2D eigenvalue weighted by Gasteiger charge is -2.02. The Balaban J connectivity index is 1.62. The largest absolute Gasteiger partial charge is 0.497 e. The number of rotatable bonds is 6. The fourth-order valence-electron chi connectivity index (χ4n) is 2.05. The van der Waals surface area contributed by atoms with Crippen LogP contribution in [0.1, 0.15) is 10.4 Å². The molecule has 0 spiro atoms. The third-order valence-corrected chi connectivity index (χ3v) is 5.31. The van der Waals surface area contributed by atoms with Crippen molar-refractivity contribution in [2.75, 3.05) is 12.9 Å². The number of methoxy groups -OCH3 is 1. The summed E-state index contributed by atoms with van der Waals surface area (Å²) < 4.78 is 6.01. The number of carbonyl (C=O) groups excluding carboxylic acids is 1. The second-order valence-electron chi connectivity index (χ2n) is 4.81. The first-order valence-electron chi connectivity index (χ1n) is 7.07. The molecule has 3 rings (SSSR count). The van der Waals surface area contributed by atoms with Crippen molar-refractivity contribution in [2.45, 2.75) is 4.34 Å². The van der Waals surface area contributed by atoms with Crippen LogP contribution in [0.15, 0.2) is 64.3 Å². The second kappa shape index (κ2) is 7.44. The summed E-state index contributed by atoms with van der Waals surface area (Å²) in [4.78, 5) is 16.8. The molecule has 3 aromatic rings. The molecule has 0 N–H and O–H groups in total. The number of benzene rings is 2. The molecule has 0 saturated heterocycles. The van der Waals surface area contributed by atoms with Gasteiger partial charge in [0.1, 0.15) is 5.75 Å². The van der Waals surface area contributed by atoms with Crippen LogP contribution in [0.2, 0.25) is 0 Å². The van der Waals surface area contributed by atoms with Crippen LogP contribution in [-0.2, 0) is 0 Å². The first-order valence-corrected chi connectivity index (χ1v) is 8.94. The number of ether oxygens (including phenoxy) is 1. The molecule has 5 heteroatoms. The third kappa shape index (κ3) is 4.00. The van der Waals surface area contributed by atoms with E-state index in [1.165, 1.54) is 11.8 Å². The van der Waals surface area contributed by atoms with E-state index < -0.39 is 0 Å². The first-order chi connectivity index (χ1) is 11.3. The van der Waals surface area contributed by atoms with Crippen LogP contribution in [0.4, 0.5) is 0 Å². The predicted octanol–water partition coefficient (Wildman–Crippen LogP) is 4.79. The van der Waals surface area contributed by atoms with Crippen molar-refractivity contribution in [2.24, 2.45) is 0 Å². The van der Waals surface area contributed by atoms with Crippen LogP contribution in [0, 0.1) is 0 Å². The normalized spacial score (nSPS) is 10.5. The lowest BCUT2D eigenvalue weighted by molar-refractivity contribution is 0.102. The molecule has 0 aliphatic carbocycles. The Labute approximate surface area is 143 Å². The molecule has 0 aliphatic rings. The molecule has 0 unspecified atom stereocenters. The topological polar surface area (TPSA) is 39.2 Å². The van der Waals surface area contributed by atoms with E-state index in [4.69, 9.17) is 4.74 Å². The summed E-state index contributed by atoms with van der Waals surface area (Å²) >= 11 is 3.04. The summed E-state index contributed by atoms with van der Waals surface area (Å²) in [6, 6.07) is 17.2. The van der Waals surface area contributed by atoms with Crippen molar-refractivity contribution in [1.82, 2.24) is 4.98 Å². The number of thiazole rings is 1. The Hall–Kier alpha value is -2.11. The van der Waals surface area contributed by atoms with E-state index in [-0.39, 0.29) is 5.78 Å². The van der Waals surface area contributed by atoms with E-state index in [0.717, 1.165) is 21.3 Å². The minimum absolute atomic E-state index is 0.0918. The number of hydrogen-bond acceptors (Lipinski definition) is 5. The smallest absolute Gasteiger partial charge is 0.173 e. The van der Waals surface area contributed by atoms with Crippen LogP contribution in [0.3, 0.4) is 0 Å². The highest BCUT2D eigenvalue weighted by atomic mass is 32.2. The van der Waals surface area contributed by atoms with E-state index >= 15 is 0 Å². The van der Waals surface area contributed by atoms with Crippen molar-refractivity contribution >= 4 is 28.9 Å². The van der Waals surface area contributed by atoms with Gasteiger partial charge in [-0.15, -0.1) is 11.3 Å². The molecule has 1 aromatic heterocycles. The SMILES string of the molecule is COc1ccc(C(=O)CSc2nc(-c3ccccc3)cs2)cc1. The second-order valence-corrected chi connectivity index (χ2v) is 6.89. The molecule has 0 bridgehead atoms. The van der Waals surface area contributed by atoms with Gasteiger partial charge in [-0.1, -0.05) is 42.1 Å². The number of carbonyl (C=O) groups is 1. The summed E-state index contributed by atoms with van der Waals surface area (Å²) in [6.45, 7) is 0. The number of Topliss-reactive ketones (excluding diaryl/α,β-unsaturated/α-hetero) is 1. The summed E-state index contributed by atoms with van der Waals surface area (Å²) in [6.07, 6.45) is 0. The van der Waals surface area contributed by atoms with Gasteiger partial charge < -0.3 is 4.74 Å². The maximum absolute atomic E-state index is 12.2. The standard InChI is InChI=1S/C18H15NO2S2/c1-21-15-9-7-14(8-10-15)17(20)12-23-18-19-16(11-22-18)13-5-3-2-4-6-13/h2-11H,12H2,1H3. The zero-order chi connectivity index (χ0) is 16.1. The summed E-state index contributed by atoms with van der Waals surface area (Å²) in [5, 5.41) is 2.02. The molecule has 23 heavy (non-hydrogen) atoms. The lowest BCUT2D eigenvalue weighted by Crippen LogP contribution is -2.02. The quantitative estimate of drug-likeness (QED) is 0.477. The molecule has 116 valence electrons. The van der Waals surface area contributed by atoms with E-state index in [1.807, 2.05) is 35.7 Å². The number of thioether (sulfide) groups is 1. The molecule has 0 aliphatic heterocycles. The zero-order valence-electron chi connectivity index (χ0n) is 12.6. The van der Waals surface area contributed by atoms with E-state index in [9.17, 15) is 4.79 Å². The molecule has 1 heterocycles. The highest BCUT2D eigenvalue weighted by molar-refractivity contribution is 8.01. The fraction of sp³-hybridized carbons (Fsp3) is 0.111. The zero-order valence-corrected chi connectivity index (χ0v) is 14.2. The van der Waals surface area contributed by atoms with Gasteiger partial charge in [0.15, 0.2) is 10.1 Å². The third-order valence-electron chi connectivity index (χ3n) is 3.29. The van der Waals surface area contributed by atoms with Gasteiger partial charge >= 0.3 is 0 Å². The number of hydrogen-bond donors (Lipinski definition) is 0. The van der Waals surface area contributed by atoms with Gasteiger partial charge in [0.25, 0.3) is 0 Å². The monoisotopic (exact) mass is 341 g/mol. The minimum atomic E-state index is 0.0918. The molecular formula is C18H15NO2S2. The van der Waals surface area contributed by atoms with Crippen LogP contribution in [0.5, 0.6) is 5.75 Å². The Morgan fingerprint density at radius 2 is 1.87 bits per heavy atom. The van der Waals surface area contributed by atoms with Gasteiger partial charge in [0, 0.05) is 16.5 Å². The summed E-state index contributed by atoms with van der Waals surface area (Å²) in [5.74, 6) is 1.23. The van der Waals surface area contributed by atoms with Crippen LogP contribution < -0.4 is 4.74 Å². The van der Waals surface area contributed by atoms with Gasteiger partial charge in [0.2, 0.25) is 0 Å². The predicted molar refractivity (Wildman–Crippen MR) is 95.6 cm³/mol. The van der Waals surface area contributed by atoms with Crippen molar-refractivity contribution in [3.8, 4) is 17.0 Å². The Morgan fingerprint density at radius 1 is 1.13 bits per heavy atom. The maximum atomic E-state index is 12.2. The van der Waals surface area contributed by atoms with Crippen molar-refractivity contribution in [3.63, 3.8) is 0 Å². The molecule has 3 nitrogen and oxygen atoms in total. The number of aromatic nitrogens is 1. The van der Waals surface area contributed by atoms with E-state index in [2.05, 4.69) is 4.98 Å². The molecular weight excluding hydrogens is 326 g/mol. The first kappa shape index (κ1) is 15.8. The van der Waals surface area contributed by atoms with Crippen molar-refractivity contribution < 1.29 is 9.53 Å². The molecule has 0 saturated carbocycles. The van der Waals surface area contributed by atoms with Crippen molar-refractivity contribution in [1.29, 1.82) is 0 Å². The number of nitrogens with zero attached hydrogens (tertiary/aromatic N) is 1. The van der Waals surface area contributed by atoms with Gasteiger partial charge in [-0.2, -0.15) is 0 Å². The van der Waals surface area contributed by atoms with Gasteiger partial charge in [-0.3, -0.25) is 4.79 Å². The Morgan fingerprint density at radius 3 is 2.57 bits per heavy atom. The molecule has 2 aromatic carbocycles. The molecule has 0 fully saturated rings. The lowest BCUT2D eigenvalue weighted by atomic mass is 10.1. The van der Waals surface area contributed by atoms with Crippen molar-refractivity contribution in [3.05, 3.63) is 65.5 Å². The fourth-order valence-corrected chi connectivity index (χ4v) is 3.78. The highest BCUT2D eigenvalue weighted by Gasteiger charge is 2.10. The van der Waals surface area contributed by atoms with E-state index in [0.29, 0.717) is 11.3 Å². The van der Waals surface area contributed by atoms with Crippen LogP contribution >= 0.6 is 23.1 Å².